The minimum atomic E-state index is -0.291. The number of carbonyl (C=O) groups is 1. The zero-order chi connectivity index (χ0) is 14.7. The van der Waals surface area contributed by atoms with Crippen molar-refractivity contribution in [2.45, 2.75) is 13.8 Å². The van der Waals surface area contributed by atoms with Crippen LogP contribution in [0.25, 0.3) is 0 Å². The third kappa shape index (κ3) is 3.74. The summed E-state index contributed by atoms with van der Waals surface area (Å²) < 4.78 is 0.978. The summed E-state index contributed by atoms with van der Waals surface area (Å²) in [5, 5.41) is 6.20. The summed E-state index contributed by atoms with van der Waals surface area (Å²) in [6.45, 7) is 3.85. The van der Waals surface area contributed by atoms with E-state index in [1.54, 1.807) is 12.1 Å². The van der Waals surface area contributed by atoms with Crippen molar-refractivity contribution in [2.24, 2.45) is 0 Å². The average molecular weight is 354 g/mol. The van der Waals surface area contributed by atoms with Gasteiger partial charge in [-0.3, -0.25) is 0 Å². The molecule has 2 N–H and O–H groups in total. The highest BCUT2D eigenvalue weighted by atomic mass is 79.9. The first-order chi connectivity index (χ1) is 9.45. The number of halogens is 2. The molecule has 0 aromatic heterocycles. The van der Waals surface area contributed by atoms with Crippen LogP contribution < -0.4 is 10.6 Å². The van der Waals surface area contributed by atoms with Crippen LogP contribution in [-0.4, -0.2) is 6.03 Å². The molecule has 0 fully saturated rings. The van der Waals surface area contributed by atoms with E-state index in [-0.39, 0.29) is 6.03 Å². The number of aryl methyl sites for hydroxylation is 2. The molecule has 104 valence electrons. The van der Waals surface area contributed by atoms with E-state index in [0.717, 1.165) is 21.3 Å². The molecule has 5 heteroatoms. The topological polar surface area (TPSA) is 41.1 Å². The molecule has 2 rings (SSSR count). The number of anilines is 2. The predicted octanol–water partition coefficient (Wildman–Crippen LogP) is 5.36. The number of carbonyl (C=O) groups excluding carboxylic acids is 1. The third-order valence-electron chi connectivity index (χ3n) is 2.88. The number of nitrogens with one attached hydrogen (secondary N) is 2. The second-order valence-corrected chi connectivity index (χ2v) is 5.85. The fourth-order valence-electron chi connectivity index (χ4n) is 1.77. The summed E-state index contributed by atoms with van der Waals surface area (Å²) in [5.41, 5.74) is 3.41. The molecular weight excluding hydrogens is 340 g/mol. The van der Waals surface area contributed by atoms with Crippen LogP contribution in [-0.2, 0) is 0 Å². The van der Waals surface area contributed by atoms with Gasteiger partial charge in [-0.15, -0.1) is 0 Å². The van der Waals surface area contributed by atoms with Crippen LogP contribution in [0, 0.1) is 13.8 Å². The van der Waals surface area contributed by atoms with E-state index in [4.69, 9.17) is 11.6 Å². The Morgan fingerprint density at radius 1 is 1.00 bits per heavy atom. The summed E-state index contributed by atoms with van der Waals surface area (Å²) in [4.78, 5) is 12.0. The summed E-state index contributed by atoms with van der Waals surface area (Å²) in [5.74, 6) is 0. The first-order valence-corrected chi connectivity index (χ1v) is 7.23. The van der Waals surface area contributed by atoms with Gasteiger partial charge in [0.25, 0.3) is 0 Å². The maximum Gasteiger partial charge on any atom is 0.323 e. The molecule has 2 aromatic rings. The SMILES string of the molecule is Cc1cc(Br)ccc1NC(=O)Nc1cc(Cl)ccc1C. The Kier molecular flexibility index (Phi) is 4.68. The number of amides is 2. The van der Waals surface area contributed by atoms with Crippen molar-refractivity contribution >= 4 is 44.9 Å². The molecule has 0 heterocycles. The van der Waals surface area contributed by atoms with Gasteiger partial charge in [0, 0.05) is 20.9 Å². The van der Waals surface area contributed by atoms with Crippen LogP contribution in [0.2, 0.25) is 5.02 Å². The fraction of sp³-hybridized carbons (Fsp3) is 0.133. The smallest absolute Gasteiger partial charge is 0.307 e. The fourth-order valence-corrected chi connectivity index (χ4v) is 2.42. The van der Waals surface area contributed by atoms with E-state index in [0.29, 0.717) is 10.7 Å². The molecule has 2 amide bonds. The van der Waals surface area contributed by atoms with E-state index in [1.807, 2.05) is 38.1 Å². The van der Waals surface area contributed by atoms with Gasteiger partial charge in [0.1, 0.15) is 0 Å². The van der Waals surface area contributed by atoms with Gasteiger partial charge in [0.05, 0.1) is 0 Å². The van der Waals surface area contributed by atoms with Crippen LogP contribution in [0.3, 0.4) is 0 Å². The van der Waals surface area contributed by atoms with Crippen molar-refractivity contribution in [2.75, 3.05) is 10.6 Å². The lowest BCUT2D eigenvalue weighted by atomic mass is 10.2. The molecule has 0 unspecified atom stereocenters. The van der Waals surface area contributed by atoms with E-state index in [2.05, 4.69) is 26.6 Å². The second kappa shape index (κ2) is 6.29. The highest BCUT2D eigenvalue weighted by molar-refractivity contribution is 9.10. The van der Waals surface area contributed by atoms with Crippen molar-refractivity contribution in [3.05, 3.63) is 57.0 Å². The van der Waals surface area contributed by atoms with Crippen molar-refractivity contribution in [3.63, 3.8) is 0 Å². The Morgan fingerprint density at radius 2 is 1.70 bits per heavy atom. The summed E-state index contributed by atoms with van der Waals surface area (Å²) in [7, 11) is 0. The van der Waals surface area contributed by atoms with Crippen LogP contribution >= 0.6 is 27.5 Å². The summed E-state index contributed by atoms with van der Waals surface area (Å²) in [6.07, 6.45) is 0. The number of benzene rings is 2. The lowest BCUT2D eigenvalue weighted by molar-refractivity contribution is 0.262. The molecule has 2 aromatic carbocycles. The Hall–Kier alpha value is -1.52. The number of hydrogen-bond donors (Lipinski definition) is 2. The predicted molar refractivity (Wildman–Crippen MR) is 87.7 cm³/mol. The molecule has 0 spiro atoms. The van der Waals surface area contributed by atoms with Crippen LogP contribution in [0.5, 0.6) is 0 Å². The lowest BCUT2D eigenvalue weighted by Crippen LogP contribution is -2.20. The lowest BCUT2D eigenvalue weighted by Gasteiger charge is -2.12. The maximum atomic E-state index is 12.0. The molecule has 20 heavy (non-hydrogen) atoms. The van der Waals surface area contributed by atoms with Crippen molar-refractivity contribution in [1.82, 2.24) is 0 Å². The van der Waals surface area contributed by atoms with Gasteiger partial charge < -0.3 is 10.6 Å². The minimum Gasteiger partial charge on any atom is -0.307 e. The van der Waals surface area contributed by atoms with Crippen LogP contribution in [0.15, 0.2) is 40.9 Å². The van der Waals surface area contributed by atoms with Gasteiger partial charge in [0.15, 0.2) is 0 Å². The number of hydrogen-bond acceptors (Lipinski definition) is 1. The molecule has 3 nitrogen and oxygen atoms in total. The van der Waals surface area contributed by atoms with Gasteiger partial charge in [-0.1, -0.05) is 33.6 Å². The quantitative estimate of drug-likeness (QED) is 0.749. The van der Waals surface area contributed by atoms with Crippen molar-refractivity contribution in [3.8, 4) is 0 Å². The highest BCUT2D eigenvalue weighted by Crippen LogP contribution is 2.22. The summed E-state index contributed by atoms with van der Waals surface area (Å²) >= 11 is 9.32. The Labute approximate surface area is 131 Å². The monoisotopic (exact) mass is 352 g/mol. The molecular formula is C15H14BrClN2O. The van der Waals surface area contributed by atoms with E-state index in [1.165, 1.54) is 0 Å². The second-order valence-electron chi connectivity index (χ2n) is 4.50. The van der Waals surface area contributed by atoms with E-state index in [9.17, 15) is 4.79 Å². The maximum absolute atomic E-state index is 12.0. The van der Waals surface area contributed by atoms with Gasteiger partial charge in [0.2, 0.25) is 0 Å². The zero-order valence-electron chi connectivity index (χ0n) is 11.1. The molecule has 0 aliphatic heterocycles. The van der Waals surface area contributed by atoms with E-state index >= 15 is 0 Å². The molecule has 0 bridgehead atoms. The van der Waals surface area contributed by atoms with E-state index < -0.39 is 0 Å². The molecule has 0 radical (unpaired) electrons. The minimum absolute atomic E-state index is 0.291. The molecule has 0 atom stereocenters. The Balaban J connectivity index is 2.11. The van der Waals surface area contributed by atoms with Crippen molar-refractivity contribution < 1.29 is 4.79 Å². The zero-order valence-corrected chi connectivity index (χ0v) is 13.5. The standard InChI is InChI=1S/C15H14BrClN2O/c1-9-3-5-12(17)8-14(9)19-15(20)18-13-6-4-11(16)7-10(13)2/h3-8H,1-2H3,(H2,18,19,20). The van der Waals surface area contributed by atoms with Crippen LogP contribution in [0.4, 0.5) is 16.2 Å². The molecule has 0 saturated carbocycles. The summed E-state index contributed by atoms with van der Waals surface area (Å²) in [6, 6.07) is 10.8. The normalized spacial score (nSPS) is 10.2. The Bertz CT molecular complexity index is 658. The van der Waals surface area contributed by atoms with Gasteiger partial charge in [-0.05, 0) is 55.3 Å². The number of urea groups is 1. The van der Waals surface area contributed by atoms with Gasteiger partial charge >= 0.3 is 6.03 Å². The van der Waals surface area contributed by atoms with Gasteiger partial charge in [-0.25, -0.2) is 4.79 Å². The highest BCUT2D eigenvalue weighted by Gasteiger charge is 2.07. The Morgan fingerprint density at radius 3 is 2.40 bits per heavy atom. The molecule has 0 aliphatic carbocycles. The molecule has 0 aliphatic rings. The average Bonchev–Trinajstić information content (AvgIpc) is 2.37. The number of rotatable bonds is 2. The van der Waals surface area contributed by atoms with Gasteiger partial charge in [-0.2, -0.15) is 0 Å². The first kappa shape index (κ1) is 14.9. The first-order valence-electron chi connectivity index (χ1n) is 6.06. The largest absolute Gasteiger partial charge is 0.323 e. The third-order valence-corrected chi connectivity index (χ3v) is 3.61. The van der Waals surface area contributed by atoms with Crippen molar-refractivity contribution in [1.29, 1.82) is 0 Å². The van der Waals surface area contributed by atoms with Crippen LogP contribution in [0.1, 0.15) is 11.1 Å². The molecule has 0 saturated heterocycles.